The number of fused-ring (bicyclic) bond motifs is 2. The number of anilines is 1. The Kier molecular flexibility index (Phi) is 8.21. The quantitative estimate of drug-likeness (QED) is 0.306. The Morgan fingerprint density at radius 3 is 2.49 bits per heavy atom. The van der Waals surface area contributed by atoms with Gasteiger partial charge in [0.2, 0.25) is 11.8 Å². The lowest BCUT2D eigenvalue weighted by Gasteiger charge is -2.34. The molecule has 3 aromatic carbocycles. The normalized spacial score (nSPS) is 15.5. The van der Waals surface area contributed by atoms with Gasteiger partial charge in [-0.05, 0) is 54.8 Å². The summed E-state index contributed by atoms with van der Waals surface area (Å²) in [6.07, 6.45) is 4.96. The van der Waals surface area contributed by atoms with Gasteiger partial charge in [-0.25, -0.2) is 9.48 Å². The summed E-state index contributed by atoms with van der Waals surface area (Å²) in [5, 5.41) is 11.6. The number of aromatic nitrogens is 3. The highest BCUT2D eigenvalue weighted by Gasteiger charge is 2.35. The zero-order chi connectivity index (χ0) is 29.8. The highest BCUT2D eigenvalue weighted by molar-refractivity contribution is 6.02. The molecule has 4 aromatic rings. The van der Waals surface area contributed by atoms with E-state index in [4.69, 9.17) is 14.2 Å². The molecule has 2 heterocycles. The molecule has 1 N–H and O–H groups in total. The number of ether oxygens (including phenoxy) is 3. The van der Waals surface area contributed by atoms with Gasteiger partial charge in [-0.1, -0.05) is 48.7 Å². The van der Waals surface area contributed by atoms with Crippen LogP contribution in [0.15, 0.2) is 66.7 Å². The van der Waals surface area contributed by atoms with Crippen LogP contribution in [-0.4, -0.2) is 59.1 Å². The molecule has 0 unspecified atom stereocenters. The highest BCUT2D eigenvalue weighted by Crippen LogP contribution is 2.37. The molecule has 1 aromatic heterocycles. The topological polar surface area (TPSA) is 125 Å². The zero-order valence-corrected chi connectivity index (χ0v) is 23.9. The number of carbonyl (C=O) groups excluding carboxylic acids is 3. The van der Waals surface area contributed by atoms with Gasteiger partial charge in [0.05, 0.1) is 18.2 Å². The van der Waals surface area contributed by atoms with Crippen molar-refractivity contribution < 1.29 is 28.6 Å². The van der Waals surface area contributed by atoms with Crippen molar-refractivity contribution in [1.29, 1.82) is 0 Å². The molecule has 0 saturated heterocycles. The van der Waals surface area contributed by atoms with E-state index in [0.29, 0.717) is 52.6 Å². The van der Waals surface area contributed by atoms with Crippen LogP contribution in [0.2, 0.25) is 0 Å². The summed E-state index contributed by atoms with van der Waals surface area (Å²) < 4.78 is 17.9. The third kappa shape index (κ3) is 6.01. The fourth-order valence-electron chi connectivity index (χ4n) is 5.72. The Morgan fingerprint density at radius 2 is 1.72 bits per heavy atom. The van der Waals surface area contributed by atoms with Crippen molar-refractivity contribution in [2.45, 2.75) is 50.7 Å². The van der Waals surface area contributed by atoms with Crippen LogP contribution in [0.1, 0.15) is 54.1 Å². The van der Waals surface area contributed by atoms with Crippen LogP contribution in [0.5, 0.6) is 11.5 Å². The number of nitrogens with zero attached hydrogens (tertiary/aromatic N) is 4. The predicted molar refractivity (Wildman–Crippen MR) is 158 cm³/mol. The number of rotatable bonds is 8. The van der Waals surface area contributed by atoms with E-state index in [-0.39, 0.29) is 24.4 Å². The molecule has 11 nitrogen and oxygen atoms in total. The molecule has 0 radical (unpaired) electrons. The molecule has 1 atom stereocenters. The summed E-state index contributed by atoms with van der Waals surface area (Å²) in [6, 6.07) is 18.1. The van der Waals surface area contributed by atoms with Gasteiger partial charge in [0.1, 0.15) is 31.3 Å². The smallest absolute Gasteiger partial charge is 0.337 e. The number of nitrogens with one attached hydrogen (secondary N) is 1. The number of benzene rings is 3. The highest BCUT2D eigenvalue weighted by atomic mass is 16.6. The van der Waals surface area contributed by atoms with Crippen LogP contribution < -0.4 is 19.7 Å². The maximum atomic E-state index is 14.4. The van der Waals surface area contributed by atoms with Crippen molar-refractivity contribution in [2.75, 3.05) is 25.2 Å². The van der Waals surface area contributed by atoms with Crippen LogP contribution >= 0.6 is 0 Å². The third-order valence-electron chi connectivity index (χ3n) is 7.88. The molecule has 1 fully saturated rings. The van der Waals surface area contributed by atoms with E-state index in [9.17, 15) is 14.4 Å². The van der Waals surface area contributed by atoms with E-state index >= 15 is 0 Å². The number of hydrogen-bond donors (Lipinski definition) is 1. The molecule has 0 spiro atoms. The van der Waals surface area contributed by atoms with Crippen LogP contribution in [-0.2, 0) is 20.9 Å². The van der Waals surface area contributed by atoms with Crippen molar-refractivity contribution in [3.05, 3.63) is 77.9 Å². The summed E-state index contributed by atoms with van der Waals surface area (Å²) in [4.78, 5) is 42.2. The number of esters is 1. The zero-order valence-electron chi connectivity index (χ0n) is 23.9. The van der Waals surface area contributed by atoms with E-state index < -0.39 is 12.0 Å². The first kappa shape index (κ1) is 28.2. The van der Waals surface area contributed by atoms with Gasteiger partial charge in [0.25, 0.3) is 0 Å². The minimum absolute atomic E-state index is 0.00886. The monoisotopic (exact) mass is 583 g/mol. The van der Waals surface area contributed by atoms with Gasteiger partial charge < -0.3 is 19.5 Å². The molecular formula is C32H33N5O6. The van der Waals surface area contributed by atoms with E-state index in [1.54, 1.807) is 42.5 Å². The Hall–Kier alpha value is -4.93. The molecule has 222 valence electrons. The largest absolute Gasteiger partial charge is 0.486 e. The molecule has 2 amide bonds. The van der Waals surface area contributed by atoms with Crippen LogP contribution in [0.25, 0.3) is 11.0 Å². The average Bonchev–Trinajstić information content (AvgIpc) is 3.46. The van der Waals surface area contributed by atoms with Crippen molar-refractivity contribution in [2.24, 2.45) is 0 Å². The number of amides is 2. The first-order valence-corrected chi connectivity index (χ1v) is 14.5. The van der Waals surface area contributed by atoms with E-state index in [1.165, 1.54) is 16.7 Å². The van der Waals surface area contributed by atoms with Crippen molar-refractivity contribution in [1.82, 2.24) is 20.3 Å². The second-order valence-corrected chi connectivity index (χ2v) is 10.7. The predicted octanol–water partition coefficient (Wildman–Crippen LogP) is 4.21. The number of para-hydroxylation sites is 1. The minimum atomic E-state index is -1.06. The van der Waals surface area contributed by atoms with E-state index in [1.807, 2.05) is 24.3 Å². The second kappa shape index (κ2) is 12.5. The molecule has 43 heavy (non-hydrogen) atoms. The van der Waals surface area contributed by atoms with Crippen molar-refractivity contribution >= 4 is 34.5 Å². The molecule has 1 saturated carbocycles. The van der Waals surface area contributed by atoms with Gasteiger partial charge >= 0.3 is 5.97 Å². The van der Waals surface area contributed by atoms with E-state index in [0.717, 1.165) is 32.1 Å². The SMILES string of the molecule is COC(=O)c1ccc([C@@H](C(=O)NC2CCCCC2)N(C(=O)Cn2nnc3ccccc32)c2ccc3c(c2)OCCO3)cc1. The Morgan fingerprint density at radius 1 is 0.977 bits per heavy atom. The van der Waals surface area contributed by atoms with Gasteiger partial charge in [-0.15, -0.1) is 5.10 Å². The molecular weight excluding hydrogens is 550 g/mol. The summed E-state index contributed by atoms with van der Waals surface area (Å²) in [5.41, 5.74) is 2.69. The fourth-order valence-corrected chi connectivity index (χ4v) is 5.72. The minimum Gasteiger partial charge on any atom is -0.486 e. The molecule has 0 bridgehead atoms. The summed E-state index contributed by atoms with van der Waals surface area (Å²) >= 11 is 0. The van der Waals surface area contributed by atoms with Gasteiger partial charge in [-0.3, -0.25) is 14.5 Å². The number of hydrogen-bond acceptors (Lipinski definition) is 8. The van der Waals surface area contributed by atoms with E-state index in [2.05, 4.69) is 15.6 Å². The first-order valence-electron chi connectivity index (χ1n) is 14.5. The maximum Gasteiger partial charge on any atom is 0.337 e. The maximum absolute atomic E-state index is 14.4. The Bertz CT molecular complexity index is 1630. The lowest BCUT2D eigenvalue weighted by molar-refractivity contribution is -0.127. The average molecular weight is 584 g/mol. The number of carbonyl (C=O) groups is 3. The first-order chi connectivity index (χ1) is 21.0. The van der Waals surface area contributed by atoms with Crippen molar-refractivity contribution in [3.8, 4) is 11.5 Å². The standard InChI is InChI=1S/C32H33N5O6/c1-41-32(40)22-13-11-21(12-14-22)30(31(39)33-23-7-3-2-4-8-23)37(24-15-16-27-28(19-24)43-18-17-42-27)29(38)20-36-26-10-6-5-9-25(26)34-35-36/h5-6,9-16,19,23,30H,2-4,7-8,17-18,20H2,1H3,(H,33,39)/t30-/m0/s1. The Labute approximate surface area is 248 Å². The summed E-state index contributed by atoms with van der Waals surface area (Å²) in [7, 11) is 1.31. The fraction of sp³-hybridized carbons (Fsp3) is 0.344. The van der Waals surface area contributed by atoms with Crippen LogP contribution in [0.3, 0.4) is 0 Å². The van der Waals surface area contributed by atoms with Crippen molar-refractivity contribution in [3.63, 3.8) is 0 Å². The van der Waals surface area contributed by atoms with Crippen LogP contribution in [0.4, 0.5) is 5.69 Å². The number of methoxy groups -OCH3 is 1. The molecule has 6 rings (SSSR count). The van der Waals surface area contributed by atoms with Crippen LogP contribution in [0, 0.1) is 0 Å². The molecule has 11 heteroatoms. The third-order valence-corrected chi connectivity index (χ3v) is 7.88. The molecule has 1 aliphatic heterocycles. The van der Waals surface area contributed by atoms with Gasteiger partial charge in [-0.2, -0.15) is 0 Å². The summed E-state index contributed by atoms with van der Waals surface area (Å²) in [5.74, 6) is -0.138. The summed E-state index contributed by atoms with van der Waals surface area (Å²) in [6.45, 7) is 0.631. The molecule has 2 aliphatic rings. The lowest BCUT2D eigenvalue weighted by Crippen LogP contribution is -2.48. The molecule has 1 aliphatic carbocycles. The second-order valence-electron chi connectivity index (χ2n) is 10.7. The Balaban J connectivity index is 1.43. The van der Waals surface area contributed by atoms with Gasteiger partial charge in [0.15, 0.2) is 11.5 Å². The van der Waals surface area contributed by atoms with Gasteiger partial charge in [0, 0.05) is 17.8 Å². The lowest BCUT2D eigenvalue weighted by atomic mass is 9.94.